The lowest BCUT2D eigenvalue weighted by molar-refractivity contribution is -0.193. The number of Topliss-reactive ketones (excluding diaryl/α,β-unsaturated/α-hetero) is 2. The van der Waals surface area contributed by atoms with Crippen LogP contribution in [0.2, 0.25) is 10.0 Å². The van der Waals surface area contributed by atoms with E-state index < -0.39 is 41.8 Å². The highest BCUT2D eigenvalue weighted by Gasteiger charge is 2.54. The molecule has 1 atom stereocenters. The van der Waals surface area contributed by atoms with Crippen molar-refractivity contribution in [2.75, 3.05) is 12.3 Å². The SMILES string of the molecule is CCOC(=O)c1[nH]c(C)c(-c2cnc(N)c(OC(C)c3c(Cl)ccc(F)c3Cl)c2)c1C.O=C(C(=O)C(F)(F)F)C(F)(F)F. The third-order valence-electron chi connectivity index (χ3n) is 5.60. The number of alkyl halides is 6. The molecule has 234 valence electrons. The lowest BCUT2D eigenvalue weighted by Crippen LogP contribution is -2.39. The van der Waals surface area contributed by atoms with E-state index in [2.05, 4.69) is 9.97 Å². The van der Waals surface area contributed by atoms with Gasteiger partial charge in [-0.25, -0.2) is 14.2 Å². The summed E-state index contributed by atoms with van der Waals surface area (Å²) >= 11 is 12.3. The van der Waals surface area contributed by atoms with Crippen molar-refractivity contribution in [3.8, 4) is 16.9 Å². The zero-order chi connectivity index (χ0) is 33.0. The number of aromatic nitrogens is 2. The van der Waals surface area contributed by atoms with E-state index >= 15 is 0 Å². The smallest absolute Gasteiger partial charge is 0.458 e. The van der Waals surface area contributed by atoms with E-state index in [1.165, 1.54) is 12.1 Å². The van der Waals surface area contributed by atoms with Crippen LogP contribution in [0.15, 0.2) is 24.4 Å². The van der Waals surface area contributed by atoms with E-state index in [9.17, 15) is 45.1 Å². The predicted molar refractivity (Wildman–Crippen MR) is 141 cm³/mol. The quantitative estimate of drug-likeness (QED) is 0.118. The first-order valence-electron chi connectivity index (χ1n) is 11.9. The van der Waals surface area contributed by atoms with Gasteiger partial charge in [-0.3, -0.25) is 9.59 Å². The average Bonchev–Trinajstić information content (AvgIpc) is 3.20. The minimum atomic E-state index is -5.77. The molecular formula is C26H22Cl2F7N3O5. The van der Waals surface area contributed by atoms with Crippen LogP contribution < -0.4 is 10.5 Å². The standard InChI is InChI=1S/C22H22Cl2FN3O3.C4F6O2/c1-5-30-22(29)20-10(2)17(11(3)28-20)13-8-16(21(26)27-9-13)31-12(4)18-14(23)6-7-15(25)19(18)24;5-3(6,7)1(11)2(12)4(8,9)10/h6-9,12,28H,5H2,1-4H3,(H2,26,27);. The van der Waals surface area contributed by atoms with Crippen LogP contribution in [0, 0.1) is 19.7 Å². The number of nitrogens with one attached hydrogen (secondary N) is 1. The summed E-state index contributed by atoms with van der Waals surface area (Å²) in [6.45, 7) is 7.37. The van der Waals surface area contributed by atoms with Gasteiger partial charge in [0.05, 0.1) is 11.6 Å². The number of nitrogens with two attached hydrogens (primary N) is 1. The number of anilines is 1. The Morgan fingerprint density at radius 3 is 2.12 bits per heavy atom. The molecular weight excluding hydrogens is 638 g/mol. The van der Waals surface area contributed by atoms with Gasteiger partial charge in [0.25, 0.3) is 0 Å². The van der Waals surface area contributed by atoms with Crippen LogP contribution in [-0.4, -0.2) is 46.5 Å². The highest BCUT2D eigenvalue weighted by atomic mass is 35.5. The Labute approximate surface area is 249 Å². The summed E-state index contributed by atoms with van der Waals surface area (Å²) in [5, 5.41) is 0.164. The zero-order valence-electron chi connectivity index (χ0n) is 22.6. The van der Waals surface area contributed by atoms with Gasteiger partial charge in [0.2, 0.25) is 0 Å². The van der Waals surface area contributed by atoms with E-state index in [4.69, 9.17) is 38.4 Å². The van der Waals surface area contributed by atoms with Crippen molar-refractivity contribution in [1.29, 1.82) is 0 Å². The lowest BCUT2D eigenvalue weighted by atomic mass is 10.0. The molecule has 0 fully saturated rings. The second-order valence-corrected chi connectivity index (χ2v) is 9.41. The molecule has 43 heavy (non-hydrogen) atoms. The van der Waals surface area contributed by atoms with Crippen molar-refractivity contribution >= 4 is 46.6 Å². The van der Waals surface area contributed by atoms with Crippen molar-refractivity contribution < 1.29 is 54.6 Å². The number of benzene rings is 1. The molecule has 0 spiro atoms. The Kier molecular flexibility index (Phi) is 11.2. The zero-order valence-corrected chi connectivity index (χ0v) is 24.1. The van der Waals surface area contributed by atoms with Gasteiger partial charge in [0.15, 0.2) is 11.6 Å². The molecule has 3 N–H and O–H groups in total. The molecule has 3 aromatic rings. The Hall–Kier alpha value is -3.85. The molecule has 8 nitrogen and oxygen atoms in total. The van der Waals surface area contributed by atoms with E-state index in [1.54, 1.807) is 26.1 Å². The van der Waals surface area contributed by atoms with Gasteiger partial charge in [0, 0.05) is 33.6 Å². The molecule has 0 saturated carbocycles. The number of nitrogens with zero attached hydrogens (tertiary/aromatic N) is 1. The molecule has 0 saturated heterocycles. The normalized spacial score (nSPS) is 12.2. The van der Waals surface area contributed by atoms with Gasteiger partial charge in [-0.1, -0.05) is 23.2 Å². The fourth-order valence-electron chi connectivity index (χ4n) is 3.70. The Balaban J connectivity index is 0.000000455. The molecule has 1 aromatic carbocycles. The number of carbonyl (C=O) groups excluding carboxylic acids is 3. The predicted octanol–water partition coefficient (Wildman–Crippen LogP) is 7.29. The number of halogens is 9. The average molecular weight is 660 g/mol. The first kappa shape index (κ1) is 35.3. The molecule has 0 aliphatic heterocycles. The van der Waals surface area contributed by atoms with Crippen LogP contribution in [-0.2, 0) is 14.3 Å². The molecule has 0 amide bonds. The van der Waals surface area contributed by atoms with Gasteiger partial charge < -0.3 is 20.2 Å². The number of H-pyrrole nitrogens is 1. The summed E-state index contributed by atoms with van der Waals surface area (Å²) < 4.78 is 91.9. The fraction of sp³-hybridized carbons (Fsp3) is 0.308. The molecule has 0 radical (unpaired) electrons. The third-order valence-corrected chi connectivity index (χ3v) is 6.31. The van der Waals surface area contributed by atoms with Gasteiger partial charge in [-0.05, 0) is 51.5 Å². The van der Waals surface area contributed by atoms with E-state index in [1.807, 2.05) is 13.8 Å². The summed E-state index contributed by atoms with van der Waals surface area (Å²) in [6.07, 6.45) is -10.6. The minimum absolute atomic E-state index is 0.112. The van der Waals surface area contributed by atoms with Gasteiger partial charge >= 0.3 is 29.9 Å². The number of hydrogen-bond donors (Lipinski definition) is 2. The molecule has 0 bridgehead atoms. The number of nitrogen functional groups attached to an aromatic ring is 1. The van der Waals surface area contributed by atoms with Crippen molar-refractivity contribution in [3.05, 3.63) is 62.8 Å². The molecule has 0 aliphatic carbocycles. The maximum absolute atomic E-state index is 13.9. The first-order chi connectivity index (χ1) is 19.7. The molecule has 0 aliphatic rings. The Morgan fingerprint density at radius 2 is 1.60 bits per heavy atom. The lowest BCUT2D eigenvalue weighted by Gasteiger charge is -2.19. The summed E-state index contributed by atoms with van der Waals surface area (Å²) in [4.78, 5) is 38.7. The number of hydrogen-bond acceptors (Lipinski definition) is 7. The first-order valence-corrected chi connectivity index (χ1v) is 12.6. The fourth-order valence-corrected chi connectivity index (χ4v) is 4.38. The Morgan fingerprint density at radius 1 is 1.05 bits per heavy atom. The maximum Gasteiger partial charge on any atom is 0.458 e. The Bertz CT molecular complexity index is 1510. The summed E-state index contributed by atoms with van der Waals surface area (Å²) in [5.74, 6) is -7.42. The number of aryl methyl sites for hydroxylation is 1. The van der Waals surface area contributed by atoms with Crippen LogP contribution in [0.5, 0.6) is 5.75 Å². The minimum Gasteiger partial charge on any atom is -0.482 e. The third kappa shape index (κ3) is 8.38. The van der Waals surface area contributed by atoms with Crippen molar-refractivity contribution in [1.82, 2.24) is 9.97 Å². The highest BCUT2D eigenvalue weighted by molar-refractivity contribution is 6.41. The summed E-state index contributed by atoms with van der Waals surface area (Å²) in [5.41, 5.74) is 9.66. The number of aromatic amines is 1. The van der Waals surface area contributed by atoms with Crippen LogP contribution in [0.3, 0.4) is 0 Å². The monoisotopic (exact) mass is 659 g/mol. The van der Waals surface area contributed by atoms with E-state index in [-0.39, 0.29) is 28.2 Å². The van der Waals surface area contributed by atoms with Crippen molar-refractivity contribution in [2.45, 2.75) is 46.2 Å². The van der Waals surface area contributed by atoms with Gasteiger partial charge in [0.1, 0.15) is 17.6 Å². The molecule has 17 heteroatoms. The van der Waals surface area contributed by atoms with Crippen LogP contribution in [0.1, 0.15) is 47.3 Å². The molecule has 1 unspecified atom stereocenters. The highest BCUT2D eigenvalue weighted by Crippen LogP contribution is 2.38. The number of ketones is 2. The summed E-state index contributed by atoms with van der Waals surface area (Å²) in [6, 6.07) is 4.31. The molecule has 2 aromatic heterocycles. The van der Waals surface area contributed by atoms with Crippen LogP contribution in [0.25, 0.3) is 11.1 Å². The molecule has 2 heterocycles. The van der Waals surface area contributed by atoms with Gasteiger partial charge in [-0.2, -0.15) is 26.3 Å². The van der Waals surface area contributed by atoms with Gasteiger partial charge in [-0.15, -0.1) is 0 Å². The number of rotatable bonds is 7. The van der Waals surface area contributed by atoms with Crippen molar-refractivity contribution in [3.63, 3.8) is 0 Å². The van der Waals surface area contributed by atoms with Crippen LogP contribution in [0.4, 0.5) is 36.6 Å². The molecule has 3 rings (SSSR count). The largest absolute Gasteiger partial charge is 0.482 e. The number of ether oxygens (including phenoxy) is 2. The van der Waals surface area contributed by atoms with E-state index in [0.29, 0.717) is 16.8 Å². The number of carbonyl (C=O) groups is 3. The maximum atomic E-state index is 13.9. The topological polar surface area (TPSA) is 124 Å². The van der Waals surface area contributed by atoms with E-state index in [0.717, 1.165) is 16.8 Å². The van der Waals surface area contributed by atoms with Crippen LogP contribution >= 0.6 is 23.2 Å². The summed E-state index contributed by atoms with van der Waals surface area (Å²) in [7, 11) is 0. The van der Waals surface area contributed by atoms with Crippen molar-refractivity contribution in [2.24, 2.45) is 0 Å². The second kappa shape index (κ2) is 13.6. The second-order valence-electron chi connectivity index (χ2n) is 8.62. The number of pyridine rings is 1. The number of esters is 1.